The molecule has 0 aromatic rings. The lowest BCUT2D eigenvalue weighted by atomic mass is 9.99. The van der Waals surface area contributed by atoms with Gasteiger partial charge in [-0.2, -0.15) is 0 Å². The highest BCUT2D eigenvalue weighted by Gasteiger charge is 2.37. The lowest BCUT2D eigenvalue weighted by Crippen LogP contribution is -2.43. The molecule has 0 radical (unpaired) electrons. The molecule has 0 unspecified atom stereocenters. The fraction of sp³-hybridized carbons (Fsp3) is 0.846. The normalized spacial score (nSPS) is 28.4. The van der Waals surface area contributed by atoms with Crippen molar-refractivity contribution in [1.29, 1.82) is 0 Å². The van der Waals surface area contributed by atoms with Crippen molar-refractivity contribution in [3.05, 3.63) is 11.9 Å². The first-order valence-electron chi connectivity index (χ1n) is 6.09. The van der Waals surface area contributed by atoms with E-state index in [0.29, 0.717) is 13.2 Å². The van der Waals surface area contributed by atoms with Gasteiger partial charge in [0.25, 0.3) is 0 Å². The summed E-state index contributed by atoms with van der Waals surface area (Å²) in [6.07, 6.45) is 1.74. The molecule has 0 spiro atoms. The molecule has 0 bridgehead atoms. The number of ether oxygens (including phenoxy) is 1. The van der Waals surface area contributed by atoms with Crippen molar-refractivity contribution in [1.82, 2.24) is 4.90 Å². The van der Waals surface area contributed by atoms with Crippen LogP contribution in [0.3, 0.4) is 0 Å². The highest BCUT2D eigenvalue weighted by atomic mass is 19.1. The highest BCUT2D eigenvalue weighted by molar-refractivity contribution is 5.14. The monoisotopic (exact) mass is 231 g/mol. The van der Waals surface area contributed by atoms with Crippen molar-refractivity contribution in [2.24, 2.45) is 0 Å². The Labute approximate surface area is 99.5 Å². The molecule has 0 N–H and O–H groups in total. The lowest BCUT2D eigenvalue weighted by molar-refractivity contribution is 0.00373. The van der Waals surface area contributed by atoms with E-state index in [0.717, 1.165) is 18.3 Å². The maximum Gasteiger partial charge on any atom is 0.0872 e. The SMILES string of the molecule is CC.CC(C)OC[C@]1(C)C/C(=C/F)CN1C. The molecular formula is C13H26FNO. The van der Waals surface area contributed by atoms with Crippen LogP contribution < -0.4 is 0 Å². The van der Waals surface area contributed by atoms with E-state index in [1.807, 2.05) is 34.7 Å². The molecule has 1 heterocycles. The lowest BCUT2D eigenvalue weighted by Gasteiger charge is -2.32. The van der Waals surface area contributed by atoms with Gasteiger partial charge in [-0.1, -0.05) is 13.8 Å². The van der Waals surface area contributed by atoms with Crippen LogP contribution in [0.4, 0.5) is 4.39 Å². The fourth-order valence-electron chi connectivity index (χ4n) is 1.76. The Kier molecular flexibility index (Phi) is 6.84. The molecule has 3 heteroatoms. The molecule has 0 aromatic heterocycles. The van der Waals surface area contributed by atoms with E-state index in [4.69, 9.17) is 4.74 Å². The van der Waals surface area contributed by atoms with Crippen LogP contribution in [0, 0.1) is 0 Å². The zero-order valence-corrected chi connectivity index (χ0v) is 11.5. The zero-order chi connectivity index (χ0) is 12.8. The first-order valence-corrected chi connectivity index (χ1v) is 6.09. The van der Waals surface area contributed by atoms with Gasteiger partial charge in [-0.15, -0.1) is 0 Å². The number of rotatable bonds is 3. The van der Waals surface area contributed by atoms with Crippen LogP contribution in [-0.2, 0) is 4.74 Å². The summed E-state index contributed by atoms with van der Waals surface area (Å²) in [5.74, 6) is 0. The fourth-order valence-corrected chi connectivity index (χ4v) is 1.76. The molecular weight excluding hydrogens is 205 g/mol. The summed E-state index contributed by atoms with van der Waals surface area (Å²) < 4.78 is 18.0. The molecule has 1 saturated heterocycles. The number of halogens is 1. The van der Waals surface area contributed by atoms with E-state index < -0.39 is 0 Å². The van der Waals surface area contributed by atoms with Gasteiger partial charge in [-0.05, 0) is 39.8 Å². The molecule has 1 atom stereocenters. The Balaban J connectivity index is 0.00000106. The summed E-state index contributed by atoms with van der Waals surface area (Å²) in [5.41, 5.74) is 0.824. The Morgan fingerprint density at radius 2 is 2.06 bits per heavy atom. The molecule has 0 saturated carbocycles. The molecule has 96 valence electrons. The smallest absolute Gasteiger partial charge is 0.0872 e. The predicted molar refractivity (Wildman–Crippen MR) is 67.3 cm³/mol. The van der Waals surface area contributed by atoms with E-state index in [2.05, 4.69) is 11.8 Å². The van der Waals surface area contributed by atoms with E-state index in [9.17, 15) is 4.39 Å². The van der Waals surface area contributed by atoms with Gasteiger partial charge in [0.2, 0.25) is 0 Å². The second-order valence-corrected chi connectivity index (χ2v) is 4.66. The van der Waals surface area contributed by atoms with E-state index in [1.54, 1.807) is 0 Å². The maximum atomic E-state index is 12.4. The van der Waals surface area contributed by atoms with Crippen molar-refractivity contribution in [3.8, 4) is 0 Å². The zero-order valence-electron chi connectivity index (χ0n) is 11.5. The minimum Gasteiger partial charge on any atom is -0.377 e. The van der Waals surface area contributed by atoms with Crippen molar-refractivity contribution < 1.29 is 9.13 Å². The van der Waals surface area contributed by atoms with Crippen molar-refractivity contribution >= 4 is 0 Å². The number of hydrogen-bond donors (Lipinski definition) is 0. The number of hydrogen-bond acceptors (Lipinski definition) is 2. The van der Waals surface area contributed by atoms with Crippen LogP contribution in [0.5, 0.6) is 0 Å². The van der Waals surface area contributed by atoms with Crippen molar-refractivity contribution in [2.75, 3.05) is 20.2 Å². The van der Waals surface area contributed by atoms with Crippen molar-refractivity contribution in [2.45, 2.75) is 52.7 Å². The van der Waals surface area contributed by atoms with E-state index in [-0.39, 0.29) is 11.6 Å². The van der Waals surface area contributed by atoms with Gasteiger partial charge in [-0.25, -0.2) is 4.39 Å². The Morgan fingerprint density at radius 1 is 1.50 bits per heavy atom. The van der Waals surface area contributed by atoms with Crippen LogP contribution in [0.25, 0.3) is 0 Å². The summed E-state index contributed by atoms with van der Waals surface area (Å²) in [6.45, 7) is 11.5. The second kappa shape index (κ2) is 7.02. The Hall–Kier alpha value is -0.410. The van der Waals surface area contributed by atoms with Gasteiger partial charge in [0.05, 0.1) is 19.0 Å². The highest BCUT2D eigenvalue weighted by Crippen LogP contribution is 2.31. The summed E-state index contributed by atoms with van der Waals surface area (Å²) >= 11 is 0. The van der Waals surface area contributed by atoms with Gasteiger partial charge in [0, 0.05) is 12.1 Å². The molecule has 16 heavy (non-hydrogen) atoms. The van der Waals surface area contributed by atoms with Crippen molar-refractivity contribution in [3.63, 3.8) is 0 Å². The molecule has 1 fully saturated rings. The van der Waals surface area contributed by atoms with Gasteiger partial charge in [0.15, 0.2) is 0 Å². The van der Waals surface area contributed by atoms with Gasteiger partial charge >= 0.3 is 0 Å². The quantitative estimate of drug-likeness (QED) is 0.738. The largest absolute Gasteiger partial charge is 0.377 e. The van der Waals surface area contributed by atoms with Gasteiger partial charge in [-0.3, -0.25) is 4.90 Å². The van der Waals surface area contributed by atoms with Crippen LogP contribution >= 0.6 is 0 Å². The van der Waals surface area contributed by atoms with Crippen LogP contribution in [0.15, 0.2) is 11.9 Å². The molecule has 0 aromatic carbocycles. The molecule has 1 rings (SSSR count). The summed E-state index contributed by atoms with van der Waals surface area (Å²) in [4.78, 5) is 2.15. The number of nitrogens with zero attached hydrogens (tertiary/aromatic N) is 1. The third-order valence-electron chi connectivity index (χ3n) is 2.85. The molecule has 1 aliphatic heterocycles. The minimum absolute atomic E-state index is 0.0395. The number of likely N-dealkylation sites (tertiary alicyclic amines) is 1. The standard InChI is InChI=1S/C11H20FNO.C2H6/c1-9(2)14-8-11(3)5-10(6-12)7-13(11)4;1-2/h6,9H,5,7-8H2,1-4H3;1-2H3/b10-6-;/t11-;/m0./s1. The number of likely N-dealkylation sites (N-methyl/N-ethyl adjacent to an activating group) is 1. The third-order valence-corrected chi connectivity index (χ3v) is 2.85. The molecule has 0 aliphatic carbocycles. The molecule has 2 nitrogen and oxygen atoms in total. The first kappa shape index (κ1) is 15.6. The predicted octanol–water partition coefficient (Wildman–Crippen LogP) is 3.39. The Morgan fingerprint density at radius 3 is 2.44 bits per heavy atom. The molecule has 1 aliphatic rings. The first-order chi connectivity index (χ1) is 7.48. The minimum atomic E-state index is -0.0395. The third kappa shape index (κ3) is 4.22. The van der Waals surface area contributed by atoms with E-state index >= 15 is 0 Å². The van der Waals surface area contributed by atoms with E-state index in [1.165, 1.54) is 0 Å². The summed E-state index contributed by atoms with van der Waals surface area (Å²) in [7, 11) is 2.01. The average Bonchev–Trinajstić information content (AvgIpc) is 2.56. The maximum absolute atomic E-state index is 12.4. The average molecular weight is 231 g/mol. The topological polar surface area (TPSA) is 12.5 Å². The van der Waals surface area contributed by atoms with Gasteiger partial charge in [0.1, 0.15) is 0 Å². The summed E-state index contributed by atoms with van der Waals surface area (Å²) in [6, 6.07) is 0. The summed E-state index contributed by atoms with van der Waals surface area (Å²) in [5, 5.41) is 0. The van der Waals surface area contributed by atoms with Crippen LogP contribution in [0.2, 0.25) is 0 Å². The Bertz CT molecular complexity index is 228. The van der Waals surface area contributed by atoms with Crippen LogP contribution in [0.1, 0.15) is 41.0 Å². The second-order valence-electron chi connectivity index (χ2n) is 4.66. The molecule has 0 amide bonds. The van der Waals surface area contributed by atoms with Crippen LogP contribution in [-0.4, -0.2) is 36.7 Å². The van der Waals surface area contributed by atoms with Gasteiger partial charge < -0.3 is 4.74 Å².